The maximum absolute atomic E-state index is 10.4. The molecule has 0 heterocycles. The Balaban J connectivity index is 2.55. The number of hydrogen-bond donors (Lipinski definition) is 2. The molecule has 3 heteroatoms. The van der Waals surface area contributed by atoms with Crippen molar-refractivity contribution in [3.05, 3.63) is 35.9 Å². The lowest BCUT2D eigenvalue weighted by molar-refractivity contribution is 0.0544. The molecule has 0 spiro atoms. The highest BCUT2D eigenvalue weighted by atomic mass is 32.2. The van der Waals surface area contributed by atoms with Gasteiger partial charge < -0.3 is 10.4 Å². The van der Waals surface area contributed by atoms with Crippen molar-refractivity contribution in [2.24, 2.45) is 0 Å². The van der Waals surface area contributed by atoms with Crippen LogP contribution < -0.4 is 5.32 Å². The van der Waals surface area contributed by atoms with E-state index in [1.807, 2.05) is 49.0 Å². The van der Waals surface area contributed by atoms with Crippen molar-refractivity contribution in [2.75, 3.05) is 18.6 Å². The van der Waals surface area contributed by atoms with Crippen LogP contribution in [0.1, 0.15) is 25.8 Å². The molecule has 2 unspecified atom stereocenters. The van der Waals surface area contributed by atoms with Crippen LogP contribution in [-0.4, -0.2) is 29.7 Å². The lowest BCUT2D eigenvalue weighted by atomic mass is 9.96. The van der Waals surface area contributed by atoms with Crippen molar-refractivity contribution in [1.82, 2.24) is 5.32 Å². The zero-order valence-corrected chi connectivity index (χ0v) is 11.8. The van der Waals surface area contributed by atoms with E-state index >= 15 is 0 Å². The Morgan fingerprint density at radius 2 is 2.00 bits per heavy atom. The maximum Gasteiger partial charge on any atom is 0.0992 e. The Bertz CT molecular complexity index is 313. The number of nitrogens with one attached hydrogen (secondary N) is 1. The third-order valence-corrected chi connectivity index (χ3v) is 3.73. The molecule has 0 amide bonds. The van der Waals surface area contributed by atoms with Gasteiger partial charge in [-0.25, -0.2) is 0 Å². The average Bonchev–Trinajstić information content (AvgIpc) is 2.35. The fourth-order valence-electron chi connectivity index (χ4n) is 1.76. The second-order valence-electron chi connectivity index (χ2n) is 4.58. The first-order valence-corrected chi connectivity index (χ1v) is 7.49. The van der Waals surface area contributed by atoms with Gasteiger partial charge in [-0.15, -0.1) is 0 Å². The summed E-state index contributed by atoms with van der Waals surface area (Å²) in [5, 5.41) is 13.9. The molecule has 1 aromatic rings. The Morgan fingerprint density at radius 3 is 2.53 bits per heavy atom. The second kappa shape index (κ2) is 7.04. The molecule has 0 aromatic heterocycles. The second-order valence-corrected chi connectivity index (χ2v) is 5.49. The summed E-state index contributed by atoms with van der Waals surface area (Å²) < 4.78 is 0. The molecule has 0 fully saturated rings. The van der Waals surface area contributed by atoms with Crippen LogP contribution in [0.25, 0.3) is 0 Å². The summed E-state index contributed by atoms with van der Waals surface area (Å²) in [5.41, 5.74) is 0.166. The van der Waals surface area contributed by atoms with Crippen LogP contribution in [0.15, 0.2) is 30.3 Å². The van der Waals surface area contributed by atoms with Gasteiger partial charge in [-0.05, 0) is 25.2 Å². The Labute approximate surface area is 109 Å². The summed E-state index contributed by atoms with van der Waals surface area (Å²) in [4.78, 5) is 0. The number of hydrogen-bond acceptors (Lipinski definition) is 3. The van der Waals surface area contributed by atoms with Crippen molar-refractivity contribution >= 4 is 11.8 Å². The average molecular weight is 253 g/mol. The molecule has 0 aliphatic carbocycles. The molecule has 17 heavy (non-hydrogen) atoms. The van der Waals surface area contributed by atoms with E-state index in [1.54, 1.807) is 0 Å². The van der Waals surface area contributed by atoms with Crippen LogP contribution in [0, 0.1) is 0 Å². The van der Waals surface area contributed by atoms with Crippen LogP contribution >= 0.6 is 11.8 Å². The molecule has 2 atom stereocenters. The highest BCUT2D eigenvalue weighted by molar-refractivity contribution is 7.98. The summed E-state index contributed by atoms with van der Waals surface area (Å²) in [6.07, 6.45) is 3.20. The Morgan fingerprint density at radius 1 is 1.35 bits per heavy atom. The molecule has 0 aliphatic heterocycles. The lowest BCUT2D eigenvalue weighted by Crippen LogP contribution is -2.41. The van der Waals surface area contributed by atoms with Gasteiger partial charge >= 0.3 is 0 Å². The van der Waals surface area contributed by atoms with E-state index < -0.39 is 5.60 Å². The minimum Gasteiger partial charge on any atom is -0.384 e. The van der Waals surface area contributed by atoms with Crippen LogP contribution in [0.3, 0.4) is 0 Å². The molecule has 0 radical (unpaired) electrons. The maximum atomic E-state index is 10.4. The van der Waals surface area contributed by atoms with Crippen LogP contribution in [0.4, 0.5) is 0 Å². The van der Waals surface area contributed by atoms with Gasteiger partial charge in [0, 0.05) is 18.3 Å². The fourth-order valence-corrected chi connectivity index (χ4v) is 2.52. The van der Waals surface area contributed by atoms with Gasteiger partial charge in [-0.2, -0.15) is 11.8 Å². The van der Waals surface area contributed by atoms with Crippen molar-refractivity contribution in [2.45, 2.75) is 31.9 Å². The highest BCUT2D eigenvalue weighted by Crippen LogP contribution is 2.19. The minimum absolute atomic E-state index is 0.472. The van der Waals surface area contributed by atoms with Crippen LogP contribution in [0.2, 0.25) is 0 Å². The number of rotatable bonds is 7. The predicted octanol–water partition coefficient (Wildman–Crippen LogP) is 2.63. The number of benzene rings is 1. The van der Waals surface area contributed by atoms with E-state index in [9.17, 15) is 5.11 Å². The summed E-state index contributed by atoms with van der Waals surface area (Å²) in [6.45, 7) is 4.63. The quantitative estimate of drug-likeness (QED) is 0.783. The molecule has 2 nitrogen and oxygen atoms in total. The molecule has 2 N–H and O–H groups in total. The molecular formula is C14H23NOS. The molecular weight excluding hydrogens is 230 g/mol. The normalized spacial score (nSPS) is 16.5. The molecule has 1 rings (SSSR count). The zero-order chi connectivity index (χ0) is 12.7. The SMILES string of the molecule is CCC(CSC)NCC(C)(O)c1ccccc1. The van der Waals surface area contributed by atoms with Crippen molar-refractivity contribution in [3.8, 4) is 0 Å². The van der Waals surface area contributed by atoms with Gasteiger partial charge in [0.15, 0.2) is 0 Å². The van der Waals surface area contributed by atoms with E-state index in [0.29, 0.717) is 12.6 Å². The standard InChI is InChI=1S/C14H23NOS/c1-4-13(10-17-3)15-11-14(2,16)12-8-6-5-7-9-12/h5-9,13,15-16H,4,10-11H2,1-3H3. The molecule has 1 aromatic carbocycles. The first kappa shape index (κ1) is 14.6. The van der Waals surface area contributed by atoms with E-state index in [2.05, 4.69) is 18.5 Å². The van der Waals surface area contributed by atoms with Crippen LogP contribution in [-0.2, 0) is 5.60 Å². The lowest BCUT2D eigenvalue weighted by Gasteiger charge is -2.27. The predicted molar refractivity (Wildman–Crippen MR) is 76.5 cm³/mol. The Hall–Kier alpha value is -0.510. The molecule has 0 saturated heterocycles. The first-order chi connectivity index (χ1) is 8.10. The van der Waals surface area contributed by atoms with Gasteiger partial charge in [-0.3, -0.25) is 0 Å². The zero-order valence-electron chi connectivity index (χ0n) is 10.9. The summed E-state index contributed by atoms with van der Waals surface area (Å²) in [7, 11) is 0. The minimum atomic E-state index is -0.799. The van der Waals surface area contributed by atoms with Crippen molar-refractivity contribution < 1.29 is 5.11 Å². The van der Waals surface area contributed by atoms with E-state index in [4.69, 9.17) is 0 Å². The van der Waals surface area contributed by atoms with Crippen molar-refractivity contribution in [1.29, 1.82) is 0 Å². The van der Waals surface area contributed by atoms with Gasteiger partial charge in [0.05, 0.1) is 5.60 Å². The summed E-state index contributed by atoms with van der Waals surface area (Å²) in [6, 6.07) is 10.3. The highest BCUT2D eigenvalue weighted by Gasteiger charge is 2.23. The topological polar surface area (TPSA) is 32.3 Å². The third kappa shape index (κ3) is 4.70. The Kier molecular flexibility index (Phi) is 6.03. The van der Waals surface area contributed by atoms with E-state index in [0.717, 1.165) is 17.7 Å². The molecule has 0 saturated carbocycles. The fraction of sp³-hybridized carbons (Fsp3) is 0.571. The molecule has 0 bridgehead atoms. The smallest absolute Gasteiger partial charge is 0.0992 e. The van der Waals surface area contributed by atoms with Gasteiger partial charge in [0.1, 0.15) is 0 Å². The summed E-state index contributed by atoms with van der Waals surface area (Å²) in [5.74, 6) is 1.08. The third-order valence-electron chi connectivity index (χ3n) is 2.99. The summed E-state index contributed by atoms with van der Waals surface area (Å²) >= 11 is 1.84. The number of aliphatic hydroxyl groups is 1. The van der Waals surface area contributed by atoms with Gasteiger partial charge in [0.2, 0.25) is 0 Å². The van der Waals surface area contributed by atoms with E-state index in [-0.39, 0.29) is 0 Å². The van der Waals surface area contributed by atoms with Gasteiger partial charge in [0.25, 0.3) is 0 Å². The number of thioether (sulfide) groups is 1. The first-order valence-electron chi connectivity index (χ1n) is 6.10. The monoisotopic (exact) mass is 253 g/mol. The largest absolute Gasteiger partial charge is 0.384 e. The molecule has 0 aliphatic rings. The van der Waals surface area contributed by atoms with Crippen molar-refractivity contribution in [3.63, 3.8) is 0 Å². The molecule has 96 valence electrons. The van der Waals surface area contributed by atoms with E-state index in [1.165, 1.54) is 0 Å². The van der Waals surface area contributed by atoms with Crippen LogP contribution in [0.5, 0.6) is 0 Å². The van der Waals surface area contributed by atoms with Gasteiger partial charge in [-0.1, -0.05) is 37.3 Å².